The van der Waals surface area contributed by atoms with E-state index in [1.54, 1.807) is 0 Å². The van der Waals surface area contributed by atoms with Crippen molar-refractivity contribution in [2.24, 2.45) is 11.8 Å². The molecule has 4 bridgehead atoms. The molecule has 0 radical (unpaired) electrons. The van der Waals surface area contributed by atoms with Crippen LogP contribution in [0.2, 0.25) is 0 Å². The summed E-state index contributed by atoms with van der Waals surface area (Å²) < 4.78 is 14.7. The molecule has 2 saturated heterocycles. The Labute approximate surface area is 320 Å². The van der Waals surface area contributed by atoms with Crippen LogP contribution in [-0.2, 0) is 33.3 Å². The lowest BCUT2D eigenvalue weighted by Crippen LogP contribution is -3.00. The Balaban J connectivity index is 0.00000331. The third-order valence-corrected chi connectivity index (χ3v) is 17.1. The number of hydrogen-bond donors (Lipinski definition) is 4. The van der Waals surface area contributed by atoms with Gasteiger partial charge >= 0.3 is 0 Å². The Morgan fingerprint density at radius 2 is 1.08 bits per heavy atom. The van der Waals surface area contributed by atoms with Crippen LogP contribution in [0.3, 0.4) is 0 Å². The van der Waals surface area contributed by atoms with Crippen LogP contribution in [0.25, 0.3) is 11.1 Å². The van der Waals surface area contributed by atoms with Gasteiger partial charge in [0.25, 0.3) is 0 Å². The quantitative estimate of drug-likeness (QED) is 0.319. The van der Waals surface area contributed by atoms with E-state index in [0.717, 1.165) is 57.4 Å². The highest BCUT2D eigenvalue weighted by Crippen LogP contribution is 2.70. The molecular weight excluding hydrogens is 740 g/mol. The van der Waals surface area contributed by atoms with Gasteiger partial charge in [-0.05, 0) is 61.8 Å². The van der Waals surface area contributed by atoms with E-state index in [2.05, 4.69) is 14.1 Å². The standard InChI is InChI=1S/C42H48N2O8.BrH/c1-43(19-21-3-4-21)13-11-39-31-23-15-25(33(47)35(31)51-37(39)27(45)7-9-41(39,49)29(43)17-23)26-16-24-18-30-42(50)10-8-28(46)38-40(42,32(24)36(52-38)34(26)48)12-14-44(30,2)20-22-5-6-22;/h15-16,21-22,29-30,37-38,49-50H,3-14,17-20H2,1-2H3;1H/p+1/t29-,30-,37?,38?,39?,40?,41-,42-,43?,44?;/m1./s1. The zero-order valence-electron chi connectivity index (χ0n) is 30.6. The molecule has 6 fully saturated rings. The predicted octanol–water partition coefficient (Wildman–Crippen LogP) is 0.324. The first-order valence-electron chi connectivity index (χ1n) is 20.1. The minimum absolute atomic E-state index is 0. The van der Waals surface area contributed by atoms with Gasteiger partial charge in [-0.3, -0.25) is 9.59 Å². The second-order valence-electron chi connectivity index (χ2n) is 19.6. The highest BCUT2D eigenvalue weighted by atomic mass is 79.9. The van der Waals surface area contributed by atoms with E-state index in [-0.39, 0.29) is 76.5 Å². The first-order chi connectivity index (χ1) is 24.8. The highest BCUT2D eigenvalue weighted by Gasteiger charge is 2.78. The number of ketones is 2. The van der Waals surface area contributed by atoms with E-state index in [9.17, 15) is 30.0 Å². The number of Topliss-reactive ketones (excluding diaryl/α,β-unsaturated/α-hetero) is 2. The number of piperidine rings is 2. The summed E-state index contributed by atoms with van der Waals surface area (Å²) >= 11 is 0. The first kappa shape index (κ1) is 33.6. The number of ether oxygens (including phenoxy) is 2. The van der Waals surface area contributed by atoms with Crippen LogP contribution in [0.1, 0.15) is 86.5 Å². The fourth-order valence-electron chi connectivity index (χ4n) is 14.4. The summed E-state index contributed by atoms with van der Waals surface area (Å²) in [5.41, 5.74) is 0.233. The monoisotopic (exact) mass is 789 g/mol. The Morgan fingerprint density at radius 1 is 0.679 bits per heavy atom. The molecule has 4 saturated carbocycles. The zero-order chi connectivity index (χ0) is 35.5. The van der Waals surface area contributed by atoms with Crippen LogP contribution in [0.15, 0.2) is 12.1 Å². The largest absolute Gasteiger partial charge is 1.00 e. The fourth-order valence-corrected chi connectivity index (χ4v) is 14.4. The number of halogens is 1. The summed E-state index contributed by atoms with van der Waals surface area (Å²) in [7, 11) is 4.56. The zero-order valence-corrected chi connectivity index (χ0v) is 32.2. The van der Waals surface area contributed by atoms with Gasteiger partial charge in [-0.1, -0.05) is 0 Å². The minimum Gasteiger partial charge on any atom is -1.00 e. The van der Waals surface area contributed by atoms with Crippen LogP contribution in [0.4, 0.5) is 0 Å². The van der Waals surface area contributed by atoms with E-state index in [4.69, 9.17) is 9.47 Å². The van der Waals surface area contributed by atoms with Crippen LogP contribution >= 0.6 is 0 Å². The Bertz CT molecular complexity index is 1940. The van der Waals surface area contributed by atoms with E-state index < -0.39 is 34.2 Å². The van der Waals surface area contributed by atoms with Crippen molar-refractivity contribution in [2.45, 2.75) is 123 Å². The van der Waals surface area contributed by atoms with Gasteiger partial charge in [-0.2, -0.15) is 0 Å². The number of aromatic hydroxyl groups is 2. The van der Waals surface area contributed by atoms with Gasteiger partial charge in [-0.15, -0.1) is 0 Å². The van der Waals surface area contributed by atoms with Crippen molar-refractivity contribution in [3.8, 4) is 34.1 Å². The minimum atomic E-state index is -1.13. The van der Waals surface area contributed by atoms with Gasteiger partial charge in [0.2, 0.25) is 0 Å². The molecule has 10 atom stereocenters. The molecule has 4 N–H and O–H groups in total. The fraction of sp³-hybridized carbons (Fsp3) is 0.667. The molecule has 10 nitrogen and oxygen atoms in total. The average Bonchev–Trinajstić information content (AvgIpc) is 4.03. The molecule has 282 valence electrons. The molecule has 53 heavy (non-hydrogen) atoms. The molecule has 2 aromatic carbocycles. The molecular formula is C42H50BrN2O8+. The van der Waals surface area contributed by atoms with Crippen molar-refractivity contribution < 1.29 is 65.4 Å². The number of likely N-dealkylation sites (tertiary alicyclic amines) is 2. The maximum Gasteiger partial charge on any atom is 0.174 e. The number of phenolic OH excluding ortho intramolecular Hbond substituents is 2. The first-order valence-corrected chi connectivity index (χ1v) is 20.1. The second-order valence-corrected chi connectivity index (χ2v) is 19.6. The molecule has 6 aliphatic carbocycles. The van der Waals surface area contributed by atoms with Gasteiger partial charge in [0.15, 0.2) is 46.8 Å². The molecule has 0 aromatic heterocycles. The molecule has 10 aliphatic rings. The van der Waals surface area contributed by atoms with Crippen molar-refractivity contribution >= 4 is 11.6 Å². The van der Waals surface area contributed by atoms with E-state index in [1.807, 2.05) is 12.1 Å². The number of likely N-dealkylation sites (N-methyl/N-ethyl adjacent to an activating group) is 2. The molecule has 11 heteroatoms. The lowest BCUT2D eigenvalue weighted by molar-refractivity contribution is -0.950. The maximum atomic E-state index is 13.7. The molecule has 6 unspecified atom stereocenters. The number of rotatable bonds is 5. The lowest BCUT2D eigenvalue weighted by Gasteiger charge is -2.64. The molecule has 0 amide bonds. The molecule has 12 rings (SSSR count). The number of quaternary nitrogens is 2. The van der Waals surface area contributed by atoms with Gasteiger partial charge in [0.1, 0.15) is 23.3 Å². The number of benzene rings is 2. The highest BCUT2D eigenvalue weighted by molar-refractivity contribution is 5.94. The average molecular weight is 791 g/mol. The third-order valence-electron chi connectivity index (χ3n) is 17.1. The van der Waals surface area contributed by atoms with Gasteiger partial charge in [0, 0.05) is 72.6 Å². The number of phenols is 2. The van der Waals surface area contributed by atoms with Crippen LogP contribution in [0, 0.1) is 11.8 Å². The Hall–Kier alpha value is -2.70. The summed E-state index contributed by atoms with van der Waals surface area (Å²) in [6.07, 6.45) is 6.86. The number of hydrogen-bond acceptors (Lipinski definition) is 8. The van der Waals surface area contributed by atoms with Gasteiger partial charge in [0.05, 0.1) is 51.1 Å². The summed E-state index contributed by atoms with van der Waals surface area (Å²) in [6.45, 7) is 3.71. The number of nitrogens with zero attached hydrogens (tertiary/aromatic N) is 2. The normalized spacial score (nSPS) is 44.8. The second kappa shape index (κ2) is 9.99. The van der Waals surface area contributed by atoms with Crippen LogP contribution < -0.4 is 26.5 Å². The van der Waals surface area contributed by atoms with Crippen molar-refractivity contribution in [1.29, 1.82) is 0 Å². The van der Waals surface area contributed by atoms with E-state index >= 15 is 0 Å². The predicted molar refractivity (Wildman–Crippen MR) is 187 cm³/mol. The topological polar surface area (TPSA) is 134 Å². The van der Waals surface area contributed by atoms with Crippen molar-refractivity contribution in [3.63, 3.8) is 0 Å². The van der Waals surface area contributed by atoms with Crippen molar-refractivity contribution in [1.82, 2.24) is 0 Å². The summed E-state index contributed by atoms with van der Waals surface area (Å²) in [5.74, 6) is 1.53. The number of aliphatic hydroxyl groups is 2. The Morgan fingerprint density at radius 3 is 1.45 bits per heavy atom. The summed E-state index contributed by atoms with van der Waals surface area (Å²) in [4.78, 5) is 27.4. The maximum absolute atomic E-state index is 13.7. The third kappa shape index (κ3) is 3.67. The van der Waals surface area contributed by atoms with Crippen molar-refractivity contribution in [2.75, 3.05) is 40.3 Å². The number of carbonyl (C=O) groups is 2. The van der Waals surface area contributed by atoms with Crippen LogP contribution in [0.5, 0.6) is 23.0 Å². The summed E-state index contributed by atoms with van der Waals surface area (Å²) in [5, 5.41) is 50.3. The SMILES string of the molecule is C[N+]1(CC2CC2)CCC23c4c5cc(-c6cc7c8c(c6O)OC6C(=O)CC[C@@]9(O)[C@@H](C7)[N+](C)(CC7CC7)CCC869)c(O)c4OC2C(=O)CC[C@@]3(O)[C@H]1C5.[Br-]. The Kier molecular flexibility index (Phi) is 6.34. The van der Waals surface area contributed by atoms with Crippen molar-refractivity contribution in [3.05, 3.63) is 34.4 Å². The van der Waals surface area contributed by atoms with E-state index in [1.165, 1.54) is 25.7 Å². The van der Waals surface area contributed by atoms with Gasteiger partial charge in [-0.25, -0.2) is 0 Å². The molecule has 4 aliphatic heterocycles. The van der Waals surface area contributed by atoms with Crippen LogP contribution in [-0.4, -0.2) is 117 Å². The number of carbonyl (C=O) groups excluding carboxylic acids is 2. The molecule has 2 aromatic rings. The molecule has 2 spiro atoms. The molecule has 4 heterocycles. The lowest BCUT2D eigenvalue weighted by atomic mass is 9.48. The van der Waals surface area contributed by atoms with E-state index in [0.29, 0.717) is 61.5 Å². The summed E-state index contributed by atoms with van der Waals surface area (Å²) in [6, 6.07) is 3.71. The van der Waals surface area contributed by atoms with Gasteiger partial charge < -0.3 is 55.8 Å². The smallest absolute Gasteiger partial charge is 0.174 e.